The first-order chi connectivity index (χ1) is 20.3. The fourth-order valence-corrected chi connectivity index (χ4v) is 7.41. The molecule has 232 valence electrons. The number of aromatic amines is 1. The highest BCUT2D eigenvalue weighted by Gasteiger charge is 2.60. The highest BCUT2D eigenvalue weighted by Crippen LogP contribution is 2.59. The van der Waals surface area contributed by atoms with E-state index in [1.165, 1.54) is 31.1 Å². The zero-order valence-electron chi connectivity index (χ0n) is 22.5. The van der Waals surface area contributed by atoms with E-state index >= 15 is 4.39 Å². The second-order valence-electron chi connectivity index (χ2n) is 10.5. The van der Waals surface area contributed by atoms with Crippen LogP contribution in [0.2, 0.25) is 0 Å². The number of imidazole rings is 2. The molecule has 0 saturated carbocycles. The summed E-state index contributed by atoms with van der Waals surface area (Å²) in [4.78, 5) is 45.7. The van der Waals surface area contributed by atoms with Crippen LogP contribution in [0.5, 0.6) is 0 Å². The monoisotopic (exact) mass is 626 g/mol. The number of nitrogens with zero attached hydrogens (tertiary/aromatic N) is 7. The SMILES string of the molecule is C[C@H](OP(=O)(O)[C@@H]1[C@H](F)[C@@H](CO)O[C@H]1n1cnc2c(=O)[nH]c(N)nc21)[C@H]1O[C@@H](n2cnc3c(N)ncnc32)[C@H](O)[C@@]1(C)O. The van der Waals surface area contributed by atoms with Gasteiger partial charge in [-0.2, -0.15) is 4.98 Å². The van der Waals surface area contributed by atoms with E-state index in [0.29, 0.717) is 0 Å². The Balaban J connectivity index is 1.30. The molecule has 10 atom stereocenters. The molecular weight excluding hydrogens is 598 g/mol. The fraction of sp³-hybridized carbons (Fsp3) is 0.545. The van der Waals surface area contributed by atoms with Gasteiger partial charge in [0.1, 0.15) is 47.6 Å². The third-order valence-electron chi connectivity index (χ3n) is 7.71. The van der Waals surface area contributed by atoms with E-state index < -0.39 is 74.1 Å². The van der Waals surface area contributed by atoms with Gasteiger partial charge in [0, 0.05) is 0 Å². The van der Waals surface area contributed by atoms with E-state index in [-0.39, 0.29) is 34.1 Å². The molecule has 4 aromatic rings. The molecule has 19 nitrogen and oxygen atoms in total. The van der Waals surface area contributed by atoms with Crippen LogP contribution in [0.3, 0.4) is 0 Å². The second-order valence-corrected chi connectivity index (χ2v) is 12.5. The summed E-state index contributed by atoms with van der Waals surface area (Å²) in [6.07, 6.45) is -7.68. The predicted molar refractivity (Wildman–Crippen MR) is 143 cm³/mol. The van der Waals surface area contributed by atoms with Gasteiger partial charge in [-0.25, -0.2) is 24.3 Å². The van der Waals surface area contributed by atoms with Crippen LogP contribution in [-0.4, -0.2) is 108 Å². The van der Waals surface area contributed by atoms with Gasteiger partial charge in [0.15, 0.2) is 35.1 Å². The van der Waals surface area contributed by atoms with Crippen molar-refractivity contribution in [3.8, 4) is 0 Å². The molecule has 9 N–H and O–H groups in total. The van der Waals surface area contributed by atoms with Gasteiger partial charge in [0.2, 0.25) is 5.95 Å². The number of alkyl halides is 1. The number of fused-ring (bicyclic) bond motifs is 2. The minimum absolute atomic E-state index is 0.0703. The third kappa shape index (κ3) is 4.57. The van der Waals surface area contributed by atoms with Crippen molar-refractivity contribution in [2.75, 3.05) is 18.1 Å². The number of halogens is 1. The zero-order valence-corrected chi connectivity index (χ0v) is 23.4. The standard InChI is InChI=1S/C22H28FN10O9P/c1-7(14-22(2,37)13(35)20(41-14)32-5-28-10-15(24)26-4-27-16(10)32)42-43(38,39)12-9(23)8(3-34)40-19(12)33-6-29-11-17(33)30-21(25)31-18(11)36/h4-9,12-14,19-20,34-35,37H,3H2,1-2H3,(H,38,39)(H2,24,26,27)(H3,25,30,31,36)/t7-,8+,9+,12+,13-,14+,19+,20+,22+/m0/s1. The molecule has 2 aliphatic heterocycles. The van der Waals surface area contributed by atoms with E-state index in [1.807, 2.05) is 0 Å². The number of nitrogen functional groups attached to an aromatic ring is 2. The number of H-pyrrole nitrogens is 1. The molecule has 0 spiro atoms. The molecular formula is C22H28FN10O9P. The maximum Gasteiger partial charge on any atom is 0.339 e. The lowest BCUT2D eigenvalue weighted by Crippen LogP contribution is -2.49. The predicted octanol–water partition coefficient (Wildman–Crippen LogP) is -1.68. The highest BCUT2D eigenvalue weighted by atomic mass is 31.2. The van der Waals surface area contributed by atoms with E-state index in [1.54, 1.807) is 0 Å². The van der Waals surface area contributed by atoms with Gasteiger partial charge in [-0.1, -0.05) is 0 Å². The summed E-state index contributed by atoms with van der Waals surface area (Å²) in [6.45, 7) is 1.67. The van der Waals surface area contributed by atoms with Crippen LogP contribution in [-0.2, 0) is 18.6 Å². The van der Waals surface area contributed by atoms with E-state index in [9.17, 15) is 29.6 Å². The van der Waals surface area contributed by atoms with Crippen molar-refractivity contribution in [2.24, 2.45) is 0 Å². The van der Waals surface area contributed by atoms with Gasteiger partial charge in [-0.05, 0) is 13.8 Å². The number of nitrogens with two attached hydrogens (primary N) is 2. The number of aromatic nitrogens is 8. The normalized spacial score (nSPS) is 33.3. The van der Waals surface area contributed by atoms with Crippen LogP contribution in [0.4, 0.5) is 16.2 Å². The first-order valence-corrected chi connectivity index (χ1v) is 14.5. The smallest absolute Gasteiger partial charge is 0.339 e. The quantitative estimate of drug-likeness (QED) is 0.113. The van der Waals surface area contributed by atoms with Gasteiger partial charge < -0.3 is 45.7 Å². The van der Waals surface area contributed by atoms with Crippen LogP contribution in [0.1, 0.15) is 26.3 Å². The lowest BCUT2D eigenvalue weighted by Gasteiger charge is -2.33. The minimum atomic E-state index is -5.09. The number of aliphatic hydroxyl groups excluding tert-OH is 2. The van der Waals surface area contributed by atoms with Gasteiger partial charge >= 0.3 is 7.60 Å². The number of aliphatic hydroxyl groups is 3. The average Bonchev–Trinajstić information content (AvgIpc) is 3.68. The molecule has 6 heterocycles. The summed E-state index contributed by atoms with van der Waals surface area (Å²) in [6, 6.07) is 0. The molecule has 0 radical (unpaired) electrons. The number of anilines is 2. The number of hydrogen-bond donors (Lipinski definition) is 7. The fourth-order valence-electron chi connectivity index (χ4n) is 5.60. The summed E-state index contributed by atoms with van der Waals surface area (Å²) in [5.74, 6) is -0.226. The van der Waals surface area contributed by atoms with Gasteiger partial charge in [-0.3, -0.25) is 23.5 Å². The topological polar surface area (TPSA) is 285 Å². The maximum atomic E-state index is 15.6. The van der Waals surface area contributed by atoms with Crippen LogP contribution < -0.4 is 17.0 Å². The molecule has 0 amide bonds. The molecule has 0 aromatic carbocycles. The Morgan fingerprint density at radius 2 is 1.84 bits per heavy atom. The van der Waals surface area contributed by atoms with Crippen LogP contribution in [0.15, 0.2) is 23.8 Å². The van der Waals surface area contributed by atoms with E-state index in [0.717, 1.165) is 10.9 Å². The Morgan fingerprint density at radius 1 is 1.16 bits per heavy atom. The Kier molecular flexibility index (Phi) is 7.01. The molecule has 43 heavy (non-hydrogen) atoms. The van der Waals surface area contributed by atoms with Crippen molar-refractivity contribution in [1.29, 1.82) is 0 Å². The zero-order chi connectivity index (χ0) is 31.0. The summed E-state index contributed by atoms with van der Waals surface area (Å²) in [5, 5.41) is 32.0. The minimum Gasteiger partial charge on any atom is -0.394 e. The van der Waals surface area contributed by atoms with Crippen molar-refractivity contribution in [3.63, 3.8) is 0 Å². The number of hydrogen-bond acceptors (Lipinski definition) is 15. The first-order valence-electron chi connectivity index (χ1n) is 12.9. The van der Waals surface area contributed by atoms with Crippen molar-refractivity contribution in [3.05, 3.63) is 29.3 Å². The Labute approximate surface area is 239 Å². The lowest BCUT2D eigenvalue weighted by atomic mass is 9.92. The molecule has 4 aromatic heterocycles. The number of rotatable bonds is 7. The summed E-state index contributed by atoms with van der Waals surface area (Å²) >= 11 is 0. The van der Waals surface area contributed by atoms with Crippen molar-refractivity contribution >= 4 is 41.7 Å². The van der Waals surface area contributed by atoms with E-state index in [4.69, 9.17) is 25.5 Å². The molecule has 0 aliphatic carbocycles. The molecule has 2 fully saturated rings. The van der Waals surface area contributed by atoms with Crippen molar-refractivity contribution in [1.82, 2.24) is 39.0 Å². The average molecular weight is 626 g/mol. The van der Waals surface area contributed by atoms with Crippen LogP contribution >= 0.6 is 7.60 Å². The maximum absolute atomic E-state index is 15.6. The molecule has 2 aliphatic rings. The number of nitrogens with one attached hydrogen (secondary N) is 1. The first kappa shape index (κ1) is 29.5. The van der Waals surface area contributed by atoms with Gasteiger partial charge in [-0.15, -0.1) is 0 Å². The third-order valence-corrected chi connectivity index (χ3v) is 9.63. The van der Waals surface area contributed by atoms with Crippen molar-refractivity contribution in [2.45, 2.75) is 68.2 Å². The summed E-state index contributed by atoms with van der Waals surface area (Å²) in [7, 11) is -5.09. The summed E-state index contributed by atoms with van der Waals surface area (Å²) in [5.41, 5.74) is 6.79. The Hall–Kier alpha value is -3.62. The lowest BCUT2D eigenvalue weighted by molar-refractivity contribution is -0.103. The van der Waals surface area contributed by atoms with Gasteiger partial charge in [0.05, 0.1) is 25.4 Å². The van der Waals surface area contributed by atoms with Crippen molar-refractivity contribution < 1.29 is 43.2 Å². The highest BCUT2D eigenvalue weighted by molar-refractivity contribution is 7.53. The van der Waals surface area contributed by atoms with E-state index in [2.05, 4.69) is 29.9 Å². The molecule has 6 rings (SSSR count). The summed E-state index contributed by atoms with van der Waals surface area (Å²) < 4.78 is 48.8. The van der Waals surface area contributed by atoms with Crippen LogP contribution in [0, 0.1) is 0 Å². The largest absolute Gasteiger partial charge is 0.394 e. The molecule has 21 heteroatoms. The number of ether oxygens (including phenoxy) is 2. The van der Waals surface area contributed by atoms with Gasteiger partial charge in [0.25, 0.3) is 5.56 Å². The Morgan fingerprint density at radius 3 is 2.53 bits per heavy atom. The molecule has 0 bridgehead atoms. The van der Waals surface area contributed by atoms with Crippen LogP contribution in [0.25, 0.3) is 22.3 Å². The second kappa shape index (κ2) is 10.2. The molecule has 1 unspecified atom stereocenters. The Bertz CT molecular complexity index is 1800. The molecule has 2 saturated heterocycles.